The zero-order valence-corrected chi connectivity index (χ0v) is 14.8. The second-order valence-corrected chi connectivity index (χ2v) is 7.30. The van der Waals surface area contributed by atoms with Crippen LogP contribution in [0.15, 0.2) is 0 Å². The summed E-state index contributed by atoms with van der Waals surface area (Å²) in [6, 6.07) is 0. The van der Waals surface area contributed by atoms with Gasteiger partial charge in [0.05, 0.1) is 5.69 Å². The Morgan fingerprint density at radius 2 is 1.95 bits per heavy atom. The molecule has 0 bridgehead atoms. The molecule has 5 heteroatoms. The highest BCUT2D eigenvalue weighted by Crippen LogP contribution is 2.29. The molecule has 0 aliphatic heterocycles. The van der Waals surface area contributed by atoms with Gasteiger partial charge in [-0.25, -0.2) is 9.67 Å². The predicted molar refractivity (Wildman–Crippen MR) is 89.0 cm³/mol. The van der Waals surface area contributed by atoms with E-state index in [1.54, 1.807) is 0 Å². The molecule has 2 aromatic heterocycles. The van der Waals surface area contributed by atoms with Gasteiger partial charge in [-0.1, -0.05) is 27.7 Å². The quantitative estimate of drug-likeness (QED) is 0.782. The third-order valence-electron chi connectivity index (χ3n) is 4.43. The number of fused-ring (bicyclic) bond motifs is 1. The van der Waals surface area contributed by atoms with Crippen LogP contribution in [0, 0.1) is 18.3 Å². The smallest absolute Gasteiger partial charge is 0.158 e. The Morgan fingerprint density at radius 1 is 1.29 bits per heavy atom. The molecule has 0 saturated heterocycles. The summed E-state index contributed by atoms with van der Waals surface area (Å²) in [5, 5.41) is 4.60. The standard InChI is InChI=1S/C16H27ClN4/c1-7-21-15-14(12(3)19-21)18-13(8-9-17)20(15)10-11(2)16(4,5)6/h11H,7-10H2,1-6H3. The average molecular weight is 311 g/mol. The third kappa shape index (κ3) is 3.10. The molecular weight excluding hydrogens is 284 g/mol. The lowest BCUT2D eigenvalue weighted by Crippen LogP contribution is -2.24. The lowest BCUT2D eigenvalue weighted by Gasteiger charge is -2.28. The van der Waals surface area contributed by atoms with E-state index < -0.39 is 0 Å². The Hall–Kier alpha value is -1.03. The zero-order valence-electron chi connectivity index (χ0n) is 14.1. The van der Waals surface area contributed by atoms with Crippen molar-refractivity contribution in [1.29, 1.82) is 0 Å². The van der Waals surface area contributed by atoms with Gasteiger partial charge in [0, 0.05) is 25.4 Å². The number of hydrogen-bond acceptors (Lipinski definition) is 2. The maximum atomic E-state index is 5.97. The predicted octanol–water partition coefficient (Wildman–Crippen LogP) is 4.02. The largest absolute Gasteiger partial charge is 0.313 e. The normalized spacial score (nSPS) is 14.0. The first-order valence-corrected chi connectivity index (χ1v) is 8.31. The van der Waals surface area contributed by atoms with Gasteiger partial charge in [0.1, 0.15) is 11.3 Å². The van der Waals surface area contributed by atoms with Gasteiger partial charge >= 0.3 is 0 Å². The summed E-state index contributed by atoms with van der Waals surface area (Å²) in [4.78, 5) is 4.80. The number of aryl methyl sites for hydroxylation is 3. The fourth-order valence-corrected chi connectivity index (χ4v) is 2.67. The van der Waals surface area contributed by atoms with E-state index in [4.69, 9.17) is 16.6 Å². The maximum absolute atomic E-state index is 5.97. The number of imidazole rings is 1. The van der Waals surface area contributed by atoms with Crippen molar-refractivity contribution in [3.63, 3.8) is 0 Å². The molecule has 21 heavy (non-hydrogen) atoms. The minimum absolute atomic E-state index is 0.265. The Bertz CT molecular complexity index is 618. The number of nitrogens with zero attached hydrogens (tertiary/aromatic N) is 4. The molecule has 4 nitrogen and oxygen atoms in total. The summed E-state index contributed by atoms with van der Waals surface area (Å²) in [7, 11) is 0. The molecule has 1 atom stereocenters. The molecule has 118 valence electrons. The fourth-order valence-electron chi connectivity index (χ4n) is 2.50. The van der Waals surface area contributed by atoms with Crippen molar-refractivity contribution >= 4 is 22.8 Å². The second kappa shape index (κ2) is 5.99. The summed E-state index contributed by atoms with van der Waals surface area (Å²) in [5.41, 5.74) is 3.44. The van der Waals surface area contributed by atoms with Gasteiger partial charge in [0.2, 0.25) is 0 Å². The number of aromatic nitrogens is 4. The molecule has 2 rings (SSSR count). The average Bonchev–Trinajstić information content (AvgIpc) is 2.89. The third-order valence-corrected chi connectivity index (χ3v) is 4.62. The van der Waals surface area contributed by atoms with Crippen LogP contribution in [0.25, 0.3) is 11.2 Å². The van der Waals surface area contributed by atoms with Crippen LogP contribution in [-0.4, -0.2) is 25.2 Å². The van der Waals surface area contributed by atoms with Crippen molar-refractivity contribution in [3.8, 4) is 0 Å². The van der Waals surface area contributed by atoms with Crippen molar-refractivity contribution in [2.45, 2.75) is 61.1 Å². The molecule has 2 heterocycles. The van der Waals surface area contributed by atoms with Gasteiger partial charge < -0.3 is 4.57 Å². The van der Waals surface area contributed by atoms with Crippen LogP contribution in [0.1, 0.15) is 46.1 Å². The number of hydrogen-bond donors (Lipinski definition) is 0. The molecule has 0 spiro atoms. The van der Waals surface area contributed by atoms with E-state index in [1.807, 2.05) is 6.92 Å². The van der Waals surface area contributed by atoms with E-state index in [9.17, 15) is 0 Å². The Morgan fingerprint density at radius 3 is 2.48 bits per heavy atom. The maximum Gasteiger partial charge on any atom is 0.158 e. The summed E-state index contributed by atoms with van der Waals surface area (Å²) in [5.74, 6) is 2.23. The molecular formula is C16H27ClN4. The van der Waals surface area contributed by atoms with E-state index >= 15 is 0 Å². The van der Waals surface area contributed by atoms with Crippen LogP contribution >= 0.6 is 11.6 Å². The molecule has 0 aliphatic carbocycles. The molecule has 0 aromatic carbocycles. The topological polar surface area (TPSA) is 35.6 Å². The fraction of sp³-hybridized carbons (Fsp3) is 0.750. The van der Waals surface area contributed by atoms with Crippen molar-refractivity contribution in [2.24, 2.45) is 11.3 Å². The molecule has 2 aromatic rings. The molecule has 0 radical (unpaired) electrons. The summed E-state index contributed by atoms with van der Waals surface area (Å²) < 4.78 is 4.39. The van der Waals surface area contributed by atoms with Crippen LogP contribution in [0.5, 0.6) is 0 Å². The van der Waals surface area contributed by atoms with Crippen LogP contribution in [0.3, 0.4) is 0 Å². The van der Waals surface area contributed by atoms with E-state index in [0.717, 1.165) is 42.2 Å². The SMILES string of the molecule is CCn1nc(C)c2nc(CCCl)n(CC(C)C(C)(C)C)c21. The highest BCUT2D eigenvalue weighted by atomic mass is 35.5. The minimum Gasteiger partial charge on any atom is -0.313 e. The van der Waals surface area contributed by atoms with Gasteiger partial charge in [-0.05, 0) is 25.2 Å². The van der Waals surface area contributed by atoms with Crippen LogP contribution in [0.2, 0.25) is 0 Å². The van der Waals surface area contributed by atoms with Gasteiger partial charge in [-0.15, -0.1) is 11.6 Å². The molecule has 0 N–H and O–H groups in total. The first kappa shape index (κ1) is 16.3. The van der Waals surface area contributed by atoms with E-state index in [0.29, 0.717) is 11.8 Å². The lowest BCUT2D eigenvalue weighted by atomic mass is 9.82. The van der Waals surface area contributed by atoms with Crippen LogP contribution in [0.4, 0.5) is 0 Å². The number of halogens is 1. The Labute approximate surface area is 132 Å². The van der Waals surface area contributed by atoms with Gasteiger partial charge in [-0.3, -0.25) is 0 Å². The first-order valence-electron chi connectivity index (χ1n) is 7.78. The van der Waals surface area contributed by atoms with Gasteiger partial charge in [0.15, 0.2) is 5.65 Å². The summed E-state index contributed by atoms with van der Waals surface area (Å²) in [6.07, 6.45) is 0.802. The lowest BCUT2D eigenvalue weighted by molar-refractivity contribution is 0.232. The number of rotatable bonds is 5. The van der Waals surface area contributed by atoms with Crippen molar-refractivity contribution in [3.05, 3.63) is 11.5 Å². The van der Waals surface area contributed by atoms with E-state index in [-0.39, 0.29) is 5.41 Å². The van der Waals surface area contributed by atoms with Gasteiger partial charge in [-0.2, -0.15) is 5.10 Å². The Balaban J connectivity index is 2.54. The highest BCUT2D eigenvalue weighted by Gasteiger charge is 2.24. The zero-order chi connectivity index (χ0) is 15.8. The van der Waals surface area contributed by atoms with Crippen LogP contribution in [-0.2, 0) is 19.5 Å². The first-order chi connectivity index (χ1) is 9.79. The molecule has 0 fully saturated rings. The van der Waals surface area contributed by atoms with Gasteiger partial charge in [0.25, 0.3) is 0 Å². The van der Waals surface area contributed by atoms with Crippen molar-refractivity contribution in [1.82, 2.24) is 19.3 Å². The van der Waals surface area contributed by atoms with E-state index in [2.05, 4.69) is 49.0 Å². The monoisotopic (exact) mass is 310 g/mol. The molecule has 0 saturated carbocycles. The summed E-state index contributed by atoms with van der Waals surface area (Å²) >= 11 is 5.97. The number of alkyl halides is 1. The van der Waals surface area contributed by atoms with E-state index in [1.165, 1.54) is 0 Å². The second-order valence-electron chi connectivity index (χ2n) is 6.92. The van der Waals surface area contributed by atoms with Crippen molar-refractivity contribution in [2.75, 3.05) is 5.88 Å². The summed E-state index contributed by atoms with van der Waals surface area (Å²) in [6.45, 7) is 15.1. The molecule has 1 unspecified atom stereocenters. The molecule has 0 aliphatic rings. The highest BCUT2D eigenvalue weighted by molar-refractivity contribution is 6.17. The van der Waals surface area contributed by atoms with Crippen molar-refractivity contribution < 1.29 is 0 Å². The molecule has 0 amide bonds. The van der Waals surface area contributed by atoms with Crippen LogP contribution < -0.4 is 0 Å². The Kier molecular flexibility index (Phi) is 4.66. The minimum atomic E-state index is 0.265.